The molecule has 0 saturated carbocycles. The van der Waals surface area contributed by atoms with Gasteiger partial charge in [-0.25, -0.2) is 18.0 Å². The molecule has 0 bridgehead atoms. The molecule has 8 nitrogen and oxygen atoms in total. The number of ether oxygens (including phenoxy) is 4. The molecule has 0 N–H and O–H groups in total. The van der Waals surface area contributed by atoms with E-state index in [0.717, 1.165) is 33.6 Å². The van der Waals surface area contributed by atoms with Crippen LogP contribution in [-0.2, 0) is 9.84 Å². The molecule has 0 spiro atoms. The van der Waals surface area contributed by atoms with Crippen LogP contribution in [0.2, 0.25) is 0 Å². The van der Waals surface area contributed by atoms with Crippen molar-refractivity contribution in [1.82, 2.24) is 0 Å². The fourth-order valence-electron chi connectivity index (χ4n) is 5.68. The Morgan fingerprint density at radius 3 is 1.07 bits per heavy atom. The van der Waals surface area contributed by atoms with E-state index < -0.39 is 21.8 Å². The van der Waals surface area contributed by atoms with E-state index in [0.29, 0.717) is 28.6 Å². The molecule has 0 unspecified atom stereocenters. The third-order valence-electron chi connectivity index (χ3n) is 8.80. The number of carbonyl (C=O) groups is 2. The van der Waals surface area contributed by atoms with Crippen molar-refractivity contribution in [2.75, 3.05) is 7.11 Å². The predicted molar refractivity (Wildman–Crippen MR) is 210 cm³/mol. The van der Waals surface area contributed by atoms with Gasteiger partial charge >= 0.3 is 11.9 Å². The Morgan fingerprint density at radius 1 is 0.400 bits per heavy atom. The van der Waals surface area contributed by atoms with Crippen molar-refractivity contribution in [3.63, 3.8) is 0 Å². The van der Waals surface area contributed by atoms with Crippen LogP contribution < -0.4 is 18.9 Å². The smallest absolute Gasteiger partial charge is 0.343 e. The largest absolute Gasteiger partial charge is 0.497 e. The maximum absolute atomic E-state index is 13.0. The average molecular weight is 747 g/mol. The van der Waals surface area contributed by atoms with Crippen LogP contribution in [-0.4, -0.2) is 27.5 Å². The first-order valence-electron chi connectivity index (χ1n) is 17.2. The van der Waals surface area contributed by atoms with Crippen LogP contribution in [0.4, 0.5) is 0 Å². The van der Waals surface area contributed by atoms with Gasteiger partial charge in [-0.3, -0.25) is 0 Å². The normalized spacial score (nSPS) is 11.0. The number of hydrogen-bond donors (Lipinski definition) is 0. The zero-order valence-corrected chi connectivity index (χ0v) is 30.7. The lowest BCUT2D eigenvalue weighted by Gasteiger charge is -2.10. The highest BCUT2D eigenvalue weighted by Crippen LogP contribution is 2.30. The number of benzene rings is 7. The molecular formula is C46H34O8S. The van der Waals surface area contributed by atoms with E-state index in [-0.39, 0.29) is 15.4 Å². The summed E-state index contributed by atoms with van der Waals surface area (Å²) >= 11 is 0. The first kappa shape index (κ1) is 36.4. The number of methoxy groups -OCH3 is 1. The zero-order valence-electron chi connectivity index (χ0n) is 29.8. The molecule has 0 aliphatic heterocycles. The molecule has 0 saturated heterocycles. The number of carbonyl (C=O) groups excluding carboxylic acids is 2. The van der Waals surface area contributed by atoms with Gasteiger partial charge in [-0.15, -0.1) is 0 Å². The Balaban J connectivity index is 0.908. The quantitative estimate of drug-likeness (QED) is 0.0952. The van der Waals surface area contributed by atoms with Crippen LogP contribution in [0.1, 0.15) is 26.3 Å². The number of aryl methyl sites for hydroxylation is 1. The van der Waals surface area contributed by atoms with Gasteiger partial charge in [0.15, 0.2) is 0 Å². The van der Waals surface area contributed by atoms with E-state index in [1.807, 2.05) is 79.7 Å². The lowest BCUT2D eigenvalue weighted by atomic mass is 10.1. The Kier molecular flexibility index (Phi) is 10.6. The number of esters is 2. The maximum Gasteiger partial charge on any atom is 0.343 e. The van der Waals surface area contributed by atoms with Crippen molar-refractivity contribution in [1.29, 1.82) is 0 Å². The highest BCUT2D eigenvalue weighted by Gasteiger charge is 2.18. The number of rotatable bonds is 11. The predicted octanol–water partition coefficient (Wildman–Crippen LogP) is 10.4. The summed E-state index contributed by atoms with van der Waals surface area (Å²) in [4.78, 5) is 26.1. The molecule has 0 aliphatic rings. The van der Waals surface area contributed by atoms with Crippen LogP contribution >= 0.6 is 0 Å². The first-order valence-corrected chi connectivity index (χ1v) is 18.7. The Morgan fingerprint density at radius 2 is 0.709 bits per heavy atom. The molecule has 9 heteroatoms. The standard InChI is InChI=1S/C46H34O8S/c1-31-3-27-43(28-4-31)55(49,50)44-29-25-40(26-30-44)52-39-19-11-33(12-20-39)35-15-23-42(24-16-35)54-46(48)37-7-5-36(6-8-37)45(47)53-41-21-13-34(14-22-41)32-9-17-38(51-2)18-10-32/h3-30H,1-2H3. The van der Waals surface area contributed by atoms with Gasteiger partial charge in [0.1, 0.15) is 28.7 Å². The summed E-state index contributed by atoms with van der Waals surface area (Å²) in [7, 11) is -2.01. The van der Waals surface area contributed by atoms with E-state index in [4.69, 9.17) is 18.9 Å². The van der Waals surface area contributed by atoms with Crippen molar-refractivity contribution in [2.24, 2.45) is 0 Å². The maximum atomic E-state index is 13.0. The molecule has 55 heavy (non-hydrogen) atoms. The fraction of sp³-hybridized carbons (Fsp3) is 0.0435. The van der Waals surface area contributed by atoms with Gasteiger partial charge in [-0.05, 0) is 138 Å². The third kappa shape index (κ3) is 8.64. The highest BCUT2D eigenvalue weighted by atomic mass is 32.2. The van der Waals surface area contributed by atoms with Gasteiger partial charge < -0.3 is 18.9 Å². The molecule has 0 amide bonds. The summed E-state index contributed by atoms with van der Waals surface area (Å²) in [6, 6.07) is 48.6. The summed E-state index contributed by atoms with van der Waals surface area (Å²) in [6.45, 7) is 1.91. The van der Waals surface area contributed by atoms with Gasteiger partial charge in [0.25, 0.3) is 0 Å². The van der Waals surface area contributed by atoms with Crippen LogP contribution in [0.3, 0.4) is 0 Å². The van der Waals surface area contributed by atoms with Gasteiger partial charge in [-0.1, -0.05) is 66.2 Å². The van der Waals surface area contributed by atoms with Crippen LogP contribution in [0.5, 0.6) is 28.7 Å². The van der Waals surface area contributed by atoms with Crippen molar-refractivity contribution in [3.05, 3.63) is 187 Å². The summed E-state index contributed by atoms with van der Waals surface area (Å²) in [5, 5.41) is 0. The van der Waals surface area contributed by atoms with E-state index in [9.17, 15) is 18.0 Å². The molecule has 0 aliphatic carbocycles. The molecule has 272 valence electrons. The monoisotopic (exact) mass is 746 g/mol. The van der Waals surface area contributed by atoms with Crippen molar-refractivity contribution >= 4 is 21.8 Å². The molecule has 0 atom stereocenters. The van der Waals surface area contributed by atoms with E-state index in [1.165, 1.54) is 36.4 Å². The Labute approximate surface area is 319 Å². The van der Waals surface area contributed by atoms with E-state index >= 15 is 0 Å². The number of hydrogen-bond acceptors (Lipinski definition) is 8. The second kappa shape index (κ2) is 16.0. The Hall–Kier alpha value is -6.97. The van der Waals surface area contributed by atoms with E-state index in [2.05, 4.69) is 0 Å². The molecule has 7 aromatic carbocycles. The molecule has 0 heterocycles. The summed E-state index contributed by atoms with van der Waals surface area (Å²) < 4.78 is 48.2. The molecule has 0 fully saturated rings. The van der Waals surface area contributed by atoms with Crippen LogP contribution in [0.25, 0.3) is 22.3 Å². The molecular weight excluding hydrogens is 713 g/mol. The second-order valence-electron chi connectivity index (χ2n) is 12.5. The molecule has 7 aromatic rings. The third-order valence-corrected chi connectivity index (χ3v) is 10.6. The average Bonchev–Trinajstić information content (AvgIpc) is 3.22. The van der Waals surface area contributed by atoms with Gasteiger partial charge in [0.05, 0.1) is 28.0 Å². The fourth-order valence-corrected chi connectivity index (χ4v) is 6.94. The second-order valence-corrected chi connectivity index (χ2v) is 14.5. The topological polar surface area (TPSA) is 105 Å². The summed E-state index contributed by atoms with van der Waals surface area (Å²) in [5.41, 5.74) is 5.35. The van der Waals surface area contributed by atoms with Gasteiger partial charge in [0, 0.05) is 0 Å². The number of sulfone groups is 1. The Bertz CT molecular complexity index is 2530. The van der Waals surface area contributed by atoms with Gasteiger partial charge in [-0.2, -0.15) is 0 Å². The van der Waals surface area contributed by atoms with Crippen LogP contribution in [0, 0.1) is 6.92 Å². The van der Waals surface area contributed by atoms with Crippen molar-refractivity contribution in [2.45, 2.75) is 16.7 Å². The zero-order chi connectivity index (χ0) is 38.4. The first-order chi connectivity index (χ1) is 26.6. The van der Waals surface area contributed by atoms with E-state index in [1.54, 1.807) is 67.8 Å². The summed E-state index contributed by atoms with van der Waals surface area (Å²) in [5.74, 6) is 1.51. The minimum Gasteiger partial charge on any atom is -0.497 e. The minimum absolute atomic E-state index is 0.188. The molecule has 7 rings (SSSR count). The van der Waals surface area contributed by atoms with Gasteiger partial charge in [0.2, 0.25) is 9.84 Å². The SMILES string of the molecule is COc1ccc(-c2ccc(OC(=O)c3ccc(C(=O)Oc4ccc(-c5ccc(Oc6ccc(S(=O)(=O)c7ccc(C)cc7)cc6)cc5)cc4)cc3)cc2)cc1. The molecule has 0 aromatic heterocycles. The highest BCUT2D eigenvalue weighted by molar-refractivity contribution is 7.91. The minimum atomic E-state index is -3.63. The molecule has 0 radical (unpaired) electrons. The lowest BCUT2D eigenvalue weighted by molar-refractivity contribution is 0.0720. The van der Waals surface area contributed by atoms with Crippen molar-refractivity contribution < 1.29 is 37.0 Å². The van der Waals surface area contributed by atoms with Crippen LogP contribution in [0.15, 0.2) is 180 Å². The van der Waals surface area contributed by atoms with Crippen molar-refractivity contribution in [3.8, 4) is 51.0 Å². The summed E-state index contributed by atoms with van der Waals surface area (Å²) in [6.07, 6.45) is 0. The lowest BCUT2D eigenvalue weighted by Crippen LogP contribution is -2.11.